The number of anilines is 3. The molecule has 0 aliphatic heterocycles. The van der Waals surface area contributed by atoms with Gasteiger partial charge >= 0.3 is 0 Å². The molecule has 1 aliphatic carbocycles. The Morgan fingerprint density at radius 3 is 1.73 bits per heavy atom. The van der Waals surface area contributed by atoms with Crippen molar-refractivity contribution in [3.63, 3.8) is 0 Å². The van der Waals surface area contributed by atoms with E-state index in [0.29, 0.717) is 0 Å². The van der Waals surface area contributed by atoms with E-state index in [-0.39, 0.29) is 10.8 Å². The molecule has 0 amide bonds. The molecule has 0 unspecified atom stereocenters. The Labute approximate surface area is 262 Å². The topological polar surface area (TPSA) is 3.24 Å². The zero-order valence-corrected chi connectivity index (χ0v) is 26.3. The third-order valence-corrected chi connectivity index (χ3v) is 9.25. The van der Waals surface area contributed by atoms with Crippen LogP contribution in [0.3, 0.4) is 0 Å². The van der Waals surface area contributed by atoms with Crippen LogP contribution in [0.1, 0.15) is 51.3 Å². The molecule has 0 heterocycles. The summed E-state index contributed by atoms with van der Waals surface area (Å²) in [5, 5.41) is 0. The Morgan fingerprint density at radius 1 is 0.477 bits per heavy atom. The van der Waals surface area contributed by atoms with Crippen LogP contribution in [0.2, 0.25) is 0 Å². The Morgan fingerprint density at radius 2 is 1.05 bits per heavy atom. The second-order valence-electron chi connectivity index (χ2n) is 13.4. The molecule has 0 saturated heterocycles. The Bertz CT molecular complexity index is 1960. The summed E-state index contributed by atoms with van der Waals surface area (Å²) in [7, 11) is 0. The third-order valence-electron chi connectivity index (χ3n) is 9.25. The van der Waals surface area contributed by atoms with Crippen molar-refractivity contribution in [1.29, 1.82) is 0 Å². The van der Waals surface area contributed by atoms with Gasteiger partial charge in [0.25, 0.3) is 0 Å². The maximum Gasteiger partial charge on any atom is 0.0540 e. The van der Waals surface area contributed by atoms with Crippen LogP contribution in [0.25, 0.3) is 33.4 Å². The lowest BCUT2D eigenvalue weighted by Crippen LogP contribution is -2.17. The van der Waals surface area contributed by atoms with Gasteiger partial charge in [-0.15, -0.1) is 0 Å². The first-order valence-corrected chi connectivity index (χ1v) is 15.6. The van der Waals surface area contributed by atoms with Crippen molar-refractivity contribution in [2.24, 2.45) is 0 Å². The van der Waals surface area contributed by atoms with E-state index in [2.05, 4.69) is 185 Å². The van der Waals surface area contributed by atoms with Crippen molar-refractivity contribution in [3.8, 4) is 33.4 Å². The maximum absolute atomic E-state index is 2.46. The van der Waals surface area contributed by atoms with E-state index in [9.17, 15) is 0 Å². The lowest BCUT2D eigenvalue weighted by Gasteiger charge is -2.30. The summed E-state index contributed by atoms with van der Waals surface area (Å²) in [5.74, 6) is 0. The highest BCUT2D eigenvalue weighted by Gasteiger charge is 2.38. The smallest absolute Gasteiger partial charge is 0.0540 e. The van der Waals surface area contributed by atoms with Crippen LogP contribution in [-0.2, 0) is 10.8 Å². The number of hydrogen-bond acceptors (Lipinski definition) is 1. The summed E-state index contributed by atoms with van der Waals surface area (Å²) in [6, 6.07) is 53.2. The molecule has 216 valence electrons. The highest BCUT2D eigenvalue weighted by Crippen LogP contribution is 2.54. The minimum atomic E-state index is -0.0874. The van der Waals surface area contributed by atoms with Gasteiger partial charge in [0.15, 0.2) is 0 Å². The first kappa shape index (κ1) is 27.9. The lowest BCUT2D eigenvalue weighted by atomic mass is 9.79. The first-order valence-electron chi connectivity index (χ1n) is 15.6. The standard InChI is InChI=1S/C43H39N/c1-42(2,3)31-27-28-36-38(29-31)43(4,5)37-24-16-23-35(41(36)37)34-22-13-15-26-40(34)44(32-19-10-7-11-20-32)39-25-14-12-21-33(39)30-17-8-6-9-18-30/h6-29H,1-5H3. The van der Waals surface area contributed by atoms with E-state index in [0.717, 1.165) is 17.1 Å². The van der Waals surface area contributed by atoms with Crippen LogP contribution in [0.5, 0.6) is 0 Å². The quantitative estimate of drug-likeness (QED) is 0.200. The van der Waals surface area contributed by atoms with Crippen LogP contribution >= 0.6 is 0 Å². The van der Waals surface area contributed by atoms with Gasteiger partial charge in [-0.05, 0) is 68.6 Å². The molecule has 0 radical (unpaired) electrons. The minimum Gasteiger partial charge on any atom is -0.309 e. The van der Waals surface area contributed by atoms with Crippen LogP contribution in [0.4, 0.5) is 17.1 Å². The molecule has 1 nitrogen and oxygen atoms in total. The van der Waals surface area contributed by atoms with E-state index in [1.807, 2.05) is 0 Å². The molecule has 6 aromatic rings. The van der Waals surface area contributed by atoms with E-state index in [1.165, 1.54) is 50.1 Å². The number of rotatable bonds is 5. The molecule has 1 heteroatoms. The second kappa shape index (κ2) is 10.7. The lowest BCUT2D eigenvalue weighted by molar-refractivity contribution is 0.584. The Balaban J connectivity index is 1.48. The van der Waals surface area contributed by atoms with Crippen LogP contribution < -0.4 is 4.90 Å². The molecule has 1 aliphatic rings. The number of fused-ring (bicyclic) bond motifs is 3. The van der Waals surface area contributed by atoms with E-state index in [4.69, 9.17) is 0 Å². The summed E-state index contributed by atoms with van der Waals surface area (Å²) in [6.45, 7) is 11.7. The van der Waals surface area contributed by atoms with Crippen molar-refractivity contribution in [3.05, 3.63) is 162 Å². The third kappa shape index (κ3) is 4.64. The largest absolute Gasteiger partial charge is 0.309 e. The number of benzene rings is 6. The van der Waals surface area contributed by atoms with Crippen LogP contribution in [0, 0.1) is 0 Å². The first-order chi connectivity index (χ1) is 21.2. The van der Waals surface area contributed by atoms with Gasteiger partial charge in [-0.1, -0.05) is 156 Å². The van der Waals surface area contributed by atoms with E-state index in [1.54, 1.807) is 0 Å². The zero-order valence-electron chi connectivity index (χ0n) is 26.3. The molecule has 0 fully saturated rings. The molecular weight excluding hydrogens is 530 g/mol. The monoisotopic (exact) mass is 569 g/mol. The fourth-order valence-electron chi connectivity index (χ4n) is 6.89. The fourth-order valence-corrected chi connectivity index (χ4v) is 6.89. The van der Waals surface area contributed by atoms with Gasteiger partial charge in [-0.2, -0.15) is 0 Å². The van der Waals surface area contributed by atoms with E-state index < -0.39 is 0 Å². The molecule has 0 spiro atoms. The van der Waals surface area contributed by atoms with Crippen molar-refractivity contribution in [2.75, 3.05) is 4.90 Å². The van der Waals surface area contributed by atoms with Crippen molar-refractivity contribution in [1.82, 2.24) is 0 Å². The molecule has 0 N–H and O–H groups in total. The number of hydrogen-bond donors (Lipinski definition) is 0. The highest BCUT2D eigenvalue weighted by molar-refractivity contribution is 5.99. The van der Waals surface area contributed by atoms with Crippen molar-refractivity contribution < 1.29 is 0 Å². The molecule has 0 bridgehead atoms. The molecule has 0 saturated carbocycles. The van der Waals surface area contributed by atoms with Crippen molar-refractivity contribution in [2.45, 2.75) is 45.4 Å². The Kier molecular flexibility index (Phi) is 6.78. The van der Waals surface area contributed by atoms with Gasteiger partial charge in [0.1, 0.15) is 0 Å². The SMILES string of the molecule is CC(C)(C)c1ccc2c(c1)C(C)(C)c1cccc(-c3ccccc3N(c3ccccc3)c3ccccc3-c3ccccc3)c1-2. The Hall–Kier alpha value is -4.88. The summed E-state index contributed by atoms with van der Waals surface area (Å²) >= 11 is 0. The molecule has 7 rings (SSSR count). The molecular formula is C43H39N. The predicted molar refractivity (Wildman–Crippen MR) is 188 cm³/mol. The average molecular weight is 570 g/mol. The number of nitrogens with zero attached hydrogens (tertiary/aromatic N) is 1. The van der Waals surface area contributed by atoms with E-state index >= 15 is 0 Å². The van der Waals surface area contributed by atoms with Gasteiger partial charge in [0.05, 0.1) is 11.4 Å². The number of para-hydroxylation sites is 3. The van der Waals surface area contributed by atoms with Gasteiger partial charge in [0, 0.05) is 22.2 Å². The zero-order chi connectivity index (χ0) is 30.5. The average Bonchev–Trinajstić information content (AvgIpc) is 3.28. The van der Waals surface area contributed by atoms with Crippen LogP contribution in [0.15, 0.2) is 146 Å². The second-order valence-corrected chi connectivity index (χ2v) is 13.4. The summed E-state index contributed by atoms with van der Waals surface area (Å²) < 4.78 is 0. The van der Waals surface area contributed by atoms with Crippen molar-refractivity contribution >= 4 is 17.1 Å². The highest BCUT2D eigenvalue weighted by atomic mass is 15.1. The molecule has 0 aromatic heterocycles. The van der Waals surface area contributed by atoms with Gasteiger partial charge in [-0.25, -0.2) is 0 Å². The summed E-state index contributed by atoms with van der Waals surface area (Å²) in [4.78, 5) is 2.43. The molecule has 6 aromatic carbocycles. The van der Waals surface area contributed by atoms with Gasteiger partial charge in [0.2, 0.25) is 0 Å². The fraction of sp³-hybridized carbons (Fsp3) is 0.163. The van der Waals surface area contributed by atoms with Gasteiger partial charge < -0.3 is 4.90 Å². The predicted octanol–water partition coefficient (Wildman–Crippen LogP) is 12.1. The molecule has 0 atom stereocenters. The van der Waals surface area contributed by atoms with Gasteiger partial charge in [-0.3, -0.25) is 0 Å². The summed E-state index contributed by atoms with van der Waals surface area (Å²) in [6.07, 6.45) is 0. The minimum absolute atomic E-state index is 0.0874. The normalized spacial score (nSPS) is 13.3. The van der Waals surface area contributed by atoms with Crippen LogP contribution in [-0.4, -0.2) is 0 Å². The maximum atomic E-state index is 2.46. The summed E-state index contributed by atoms with van der Waals surface area (Å²) in [5.41, 5.74) is 15.2. The molecule has 44 heavy (non-hydrogen) atoms.